The van der Waals surface area contributed by atoms with Crippen molar-refractivity contribution in [3.05, 3.63) is 107 Å². The second-order valence-electron chi connectivity index (χ2n) is 10.6. The Morgan fingerprint density at radius 3 is 2.46 bits per heavy atom. The number of fused-ring (bicyclic) bond motifs is 2. The quantitative estimate of drug-likeness (QED) is 0.363. The van der Waals surface area contributed by atoms with E-state index in [2.05, 4.69) is 45.7 Å². The van der Waals surface area contributed by atoms with E-state index in [9.17, 15) is 18.0 Å². The third kappa shape index (κ3) is 7.28. The van der Waals surface area contributed by atoms with Gasteiger partial charge in [-0.15, -0.1) is 13.2 Å². The van der Waals surface area contributed by atoms with Gasteiger partial charge in [-0.2, -0.15) is 0 Å². The summed E-state index contributed by atoms with van der Waals surface area (Å²) in [6.07, 6.45) is -0.538. The number of hydrogen-bond acceptors (Lipinski definition) is 5. The number of rotatable bonds is 10. The Balaban J connectivity index is 1.17. The number of likely N-dealkylation sites (N-methyl/N-ethyl adjacent to an activating group) is 1. The van der Waals surface area contributed by atoms with Crippen molar-refractivity contribution in [1.82, 2.24) is 15.5 Å². The number of carbonyl (C=O) groups is 1. The summed E-state index contributed by atoms with van der Waals surface area (Å²) in [5.41, 5.74) is 3.90. The Bertz CT molecular complexity index is 1360. The monoisotopic (exact) mass is 565 g/mol. The van der Waals surface area contributed by atoms with E-state index in [4.69, 9.17) is 4.74 Å². The van der Waals surface area contributed by atoms with Gasteiger partial charge in [-0.1, -0.05) is 66.7 Å². The van der Waals surface area contributed by atoms with Crippen molar-refractivity contribution in [2.45, 2.75) is 37.2 Å². The van der Waals surface area contributed by atoms with E-state index in [-0.39, 0.29) is 23.2 Å². The second kappa shape index (κ2) is 12.4. The average Bonchev–Trinajstić information content (AvgIpc) is 2.96. The number of halogens is 3. The molecule has 2 unspecified atom stereocenters. The van der Waals surface area contributed by atoms with Crippen LogP contribution in [0.5, 0.6) is 11.5 Å². The van der Waals surface area contributed by atoms with E-state index < -0.39 is 6.36 Å². The number of ether oxygens (including phenoxy) is 2. The number of benzene rings is 3. The summed E-state index contributed by atoms with van der Waals surface area (Å²) in [5, 5.41) is 7.27. The standard InChI is InChI=1S/C32H34F3N3O3/c1-38(18-15-23-6-3-2-4-7-23)30(39)28-14-17-31(22-36-21-29(28)37-31)25-12-10-24(11-13-25)16-19-40-26-8-5-9-27(20-26)41-32(33,34)35/h2-14,20,29,36-37H,15-19,21-22H2,1H3. The van der Waals surface area contributed by atoms with Crippen LogP contribution < -0.4 is 20.1 Å². The molecule has 9 heteroatoms. The van der Waals surface area contributed by atoms with Crippen molar-refractivity contribution in [2.75, 3.05) is 33.3 Å². The molecule has 1 fully saturated rings. The number of carbonyl (C=O) groups excluding carboxylic acids is 1. The van der Waals surface area contributed by atoms with Crippen molar-refractivity contribution in [2.24, 2.45) is 0 Å². The minimum absolute atomic E-state index is 0.0570. The van der Waals surface area contributed by atoms with Crippen molar-refractivity contribution in [3.63, 3.8) is 0 Å². The molecule has 0 saturated carbocycles. The highest BCUT2D eigenvalue weighted by atomic mass is 19.4. The van der Waals surface area contributed by atoms with Crippen LogP contribution in [0.3, 0.4) is 0 Å². The van der Waals surface area contributed by atoms with Crippen molar-refractivity contribution in [3.8, 4) is 11.5 Å². The summed E-state index contributed by atoms with van der Waals surface area (Å²) in [5.74, 6) is 0.0631. The van der Waals surface area contributed by atoms with Gasteiger partial charge in [-0.3, -0.25) is 10.1 Å². The fourth-order valence-corrected chi connectivity index (χ4v) is 5.45. The normalized spacial score (nSPS) is 20.2. The first-order chi connectivity index (χ1) is 19.7. The van der Waals surface area contributed by atoms with Gasteiger partial charge in [0.2, 0.25) is 0 Å². The Kier molecular flexibility index (Phi) is 8.65. The predicted octanol–water partition coefficient (Wildman–Crippen LogP) is 4.99. The van der Waals surface area contributed by atoms with Crippen LogP contribution in [-0.2, 0) is 23.2 Å². The van der Waals surface area contributed by atoms with Crippen LogP contribution in [0.25, 0.3) is 0 Å². The molecule has 2 heterocycles. The first-order valence-electron chi connectivity index (χ1n) is 13.8. The molecule has 1 amide bonds. The predicted molar refractivity (Wildman–Crippen MR) is 151 cm³/mol. The van der Waals surface area contributed by atoms with Crippen LogP contribution >= 0.6 is 0 Å². The van der Waals surface area contributed by atoms with Gasteiger partial charge in [0, 0.05) is 44.7 Å². The Morgan fingerprint density at radius 1 is 0.976 bits per heavy atom. The minimum atomic E-state index is -4.74. The lowest BCUT2D eigenvalue weighted by Gasteiger charge is -2.47. The van der Waals surface area contributed by atoms with Crippen LogP contribution in [-0.4, -0.2) is 56.5 Å². The molecule has 0 aromatic heterocycles. The van der Waals surface area contributed by atoms with Gasteiger partial charge in [0.15, 0.2) is 0 Å². The van der Waals surface area contributed by atoms with E-state index in [0.717, 1.165) is 29.7 Å². The van der Waals surface area contributed by atoms with Crippen molar-refractivity contribution >= 4 is 5.91 Å². The first kappa shape index (κ1) is 28.7. The highest BCUT2D eigenvalue weighted by Gasteiger charge is 2.42. The molecule has 5 rings (SSSR count). The van der Waals surface area contributed by atoms with Gasteiger partial charge in [-0.25, -0.2) is 0 Å². The molecule has 0 aliphatic carbocycles. The maximum Gasteiger partial charge on any atom is 0.573 e. The molecule has 2 aliphatic heterocycles. The molecular formula is C32H34F3N3O3. The Morgan fingerprint density at radius 2 is 1.71 bits per heavy atom. The minimum Gasteiger partial charge on any atom is -0.493 e. The highest BCUT2D eigenvalue weighted by molar-refractivity contribution is 5.95. The van der Waals surface area contributed by atoms with Gasteiger partial charge >= 0.3 is 6.36 Å². The lowest BCUT2D eigenvalue weighted by atomic mass is 9.78. The second-order valence-corrected chi connectivity index (χ2v) is 10.6. The summed E-state index contributed by atoms with van der Waals surface area (Å²) >= 11 is 0. The molecule has 2 aliphatic rings. The van der Waals surface area contributed by atoms with E-state index in [0.29, 0.717) is 38.3 Å². The van der Waals surface area contributed by atoms with Gasteiger partial charge in [-0.05, 0) is 41.7 Å². The number of nitrogens with one attached hydrogen (secondary N) is 2. The molecule has 216 valence electrons. The summed E-state index contributed by atoms with van der Waals surface area (Å²) in [6.45, 7) is 2.41. The number of hydrogen-bond donors (Lipinski definition) is 2. The molecule has 0 radical (unpaired) electrons. The lowest BCUT2D eigenvalue weighted by Crippen LogP contribution is -2.65. The third-order valence-corrected chi connectivity index (χ3v) is 7.65. The average molecular weight is 566 g/mol. The fraction of sp³-hybridized carbons (Fsp3) is 0.344. The molecule has 41 heavy (non-hydrogen) atoms. The molecule has 3 aromatic rings. The van der Waals surface area contributed by atoms with Crippen molar-refractivity contribution < 1.29 is 27.4 Å². The topological polar surface area (TPSA) is 62.8 Å². The zero-order chi connectivity index (χ0) is 28.9. The van der Waals surface area contributed by atoms with Gasteiger partial charge in [0.05, 0.1) is 18.2 Å². The summed E-state index contributed by atoms with van der Waals surface area (Å²) < 4.78 is 47.0. The lowest BCUT2D eigenvalue weighted by molar-refractivity contribution is -0.274. The first-order valence-corrected chi connectivity index (χ1v) is 13.8. The number of alkyl halides is 3. The maximum atomic E-state index is 13.3. The molecule has 2 atom stereocenters. The zero-order valence-electron chi connectivity index (χ0n) is 22.9. The summed E-state index contributed by atoms with van der Waals surface area (Å²) in [4.78, 5) is 15.1. The van der Waals surface area contributed by atoms with Gasteiger partial charge in [0.25, 0.3) is 5.91 Å². The Labute approximate surface area is 238 Å². The molecule has 1 saturated heterocycles. The zero-order valence-corrected chi connectivity index (χ0v) is 22.9. The number of amides is 1. The molecular weight excluding hydrogens is 531 g/mol. The fourth-order valence-electron chi connectivity index (χ4n) is 5.45. The molecule has 3 aromatic carbocycles. The molecule has 2 bridgehead atoms. The number of piperazine rings is 1. The van der Waals surface area contributed by atoms with Crippen molar-refractivity contribution in [1.29, 1.82) is 0 Å². The van der Waals surface area contributed by atoms with Crippen LogP contribution in [0.15, 0.2) is 90.5 Å². The van der Waals surface area contributed by atoms with Crippen LogP contribution in [0.2, 0.25) is 0 Å². The van der Waals surface area contributed by atoms with E-state index in [1.807, 2.05) is 37.4 Å². The highest BCUT2D eigenvalue weighted by Crippen LogP contribution is 2.34. The Hall–Kier alpha value is -3.82. The third-order valence-electron chi connectivity index (χ3n) is 7.65. The molecule has 6 nitrogen and oxygen atoms in total. The summed E-state index contributed by atoms with van der Waals surface area (Å²) in [6, 6.07) is 23.9. The molecule has 2 N–H and O–H groups in total. The van der Waals surface area contributed by atoms with E-state index >= 15 is 0 Å². The maximum absolute atomic E-state index is 13.3. The smallest absolute Gasteiger partial charge is 0.493 e. The van der Waals surface area contributed by atoms with Crippen LogP contribution in [0.1, 0.15) is 23.1 Å². The largest absolute Gasteiger partial charge is 0.573 e. The van der Waals surface area contributed by atoms with E-state index in [1.54, 1.807) is 11.0 Å². The number of nitrogens with zero attached hydrogens (tertiary/aromatic N) is 1. The van der Waals surface area contributed by atoms with Gasteiger partial charge < -0.3 is 19.7 Å². The summed E-state index contributed by atoms with van der Waals surface area (Å²) in [7, 11) is 1.86. The van der Waals surface area contributed by atoms with Gasteiger partial charge in [0.1, 0.15) is 11.5 Å². The SMILES string of the molecule is CN(CCc1ccccc1)C(=O)C1=CCC2(c3ccc(CCOc4cccc(OC(F)(F)F)c4)cc3)CNCC1N2. The van der Waals surface area contributed by atoms with Crippen LogP contribution in [0.4, 0.5) is 13.2 Å². The van der Waals surface area contributed by atoms with Crippen LogP contribution in [0, 0.1) is 0 Å². The molecule has 0 spiro atoms. The van der Waals surface area contributed by atoms with E-state index in [1.165, 1.54) is 23.8 Å².